The molecule has 0 aromatic carbocycles. The number of fused-ring (bicyclic) bond motifs is 1. The minimum Gasteiger partial charge on any atom is -0.461 e. The third-order valence-corrected chi connectivity index (χ3v) is 3.62. The molecule has 0 unspecified atom stereocenters. The number of aromatic nitrogens is 2. The molecule has 0 saturated heterocycles. The third-order valence-electron chi connectivity index (χ3n) is 3.62. The highest BCUT2D eigenvalue weighted by atomic mass is 16.5. The number of nitrogens with zero attached hydrogens (tertiary/aromatic N) is 3. The molecule has 1 aromatic heterocycles. The van der Waals surface area contributed by atoms with Crippen LogP contribution in [0, 0.1) is 5.92 Å². The molecule has 0 bridgehead atoms. The number of hydrogen-bond donors (Lipinski definition) is 1. The summed E-state index contributed by atoms with van der Waals surface area (Å²) in [5.74, 6) is 0.224. The van der Waals surface area contributed by atoms with Crippen LogP contribution in [0.4, 0.5) is 0 Å². The molecular weight excluding hydrogens is 270 g/mol. The first-order chi connectivity index (χ1) is 10.1. The van der Waals surface area contributed by atoms with E-state index in [9.17, 15) is 4.79 Å². The summed E-state index contributed by atoms with van der Waals surface area (Å²) in [4.78, 5) is 14.4. The van der Waals surface area contributed by atoms with Crippen molar-refractivity contribution in [1.29, 1.82) is 0 Å². The lowest BCUT2D eigenvalue weighted by atomic mass is 10.0. The number of carbonyl (C=O) groups is 1. The van der Waals surface area contributed by atoms with Crippen LogP contribution >= 0.6 is 0 Å². The zero-order valence-electron chi connectivity index (χ0n) is 13.1. The number of aliphatic hydroxyl groups excluding tert-OH is 1. The minimum atomic E-state index is -0.364. The lowest BCUT2D eigenvalue weighted by molar-refractivity contribution is 0.0515. The monoisotopic (exact) mass is 295 g/mol. The summed E-state index contributed by atoms with van der Waals surface area (Å²) >= 11 is 0. The first-order valence-electron chi connectivity index (χ1n) is 7.65. The molecule has 1 aliphatic heterocycles. The van der Waals surface area contributed by atoms with E-state index in [1.165, 1.54) is 0 Å². The van der Waals surface area contributed by atoms with Crippen LogP contribution in [0.5, 0.6) is 0 Å². The topological polar surface area (TPSA) is 67.6 Å². The van der Waals surface area contributed by atoms with Crippen molar-refractivity contribution in [2.45, 2.75) is 40.3 Å². The van der Waals surface area contributed by atoms with Gasteiger partial charge in [-0.3, -0.25) is 9.58 Å². The van der Waals surface area contributed by atoms with E-state index in [2.05, 4.69) is 23.8 Å². The van der Waals surface area contributed by atoms with Gasteiger partial charge in [-0.1, -0.05) is 13.8 Å². The van der Waals surface area contributed by atoms with Gasteiger partial charge in [-0.2, -0.15) is 5.10 Å². The molecule has 0 saturated carbocycles. The van der Waals surface area contributed by atoms with Crippen LogP contribution in [0.1, 0.15) is 42.5 Å². The zero-order valence-corrected chi connectivity index (χ0v) is 13.1. The van der Waals surface area contributed by atoms with Gasteiger partial charge in [0, 0.05) is 37.3 Å². The Bertz CT molecular complexity index is 497. The first-order valence-corrected chi connectivity index (χ1v) is 7.65. The average Bonchev–Trinajstić information content (AvgIpc) is 2.77. The highest BCUT2D eigenvalue weighted by Gasteiger charge is 2.28. The fraction of sp³-hybridized carbons (Fsp3) is 0.733. The lowest BCUT2D eigenvalue weighted by Gasteiger charge is -2.28. The maximum Gasteiger partial charge on any atom is 0.359 e. The van der Waals surface area contributed by atoms with Gasteiger partial charge in [0.15, 0.2) is 5.69 Å². The van der Waals surface area contributed by atoms with Gasteiger partial charge in [-0.15, -0.1) is 0 Å². The molecule has 1 N–H and O–H groups in total. The maximum absolute atomic E-state index is 12.1. The molecule has 0 amide bonds. The van der Waals surface area contributed by atoms with Crippen molar-refractivity contribution in [3.8, 4) is 0 Å². The summed E-state index contributed by atoms with van der Waals surface area (Å²) in [5.41, 5.74) is 2.44. The molecule has 6 heteroatoms. The van der Waals surface area contributed by atoms with Gasteiger partial charge in [-0.05, 0) is 12.8 Å². The predicted molar refractivity (Wildman–Crippen MR) is 79.1 cm³/mol. The van der Waals surface area contributed by atoms with Crippen molar-refractivity contribution in [3.63, 3.8) is 0 Å². The van der Waals surface area contributed by atoms with Gasteiger partial charge in [0.1, 0.15) is 0 Å². The molecular formula is C15H25N3O3. The van der Waals surface area contributed by atoms with Gasteiger partial charge >= 0.3 is 5.97 Å². The Balaban J connectivity index is 2.28. The van der Waals surface area contributed by atoms with E-state index in [4.69, 9.17) is 9.84 Å². The molecule has 0 spiro atoms. The molecule has 2 heterocycles. The molecule has 0 fully saturated rings. The summed E-state index contributed by atoms with van der Waals surface area (Å²) in [6.07, 6.45) is 0.856. The standard InChI is InChI=1S/C15H25N3O3/c1-4-21-15(20)14-12-10-17(9-11(2)3)6-5-13(12)18(16-14)7-8-19/h11,19H,4-10H2,1-3H3. The Morgan fingerprint density at radius 3 is 2.86 bits per heavy atom. The van der Waals surface area contributed by atoms with E-state index in [1.807, 2.05) is 0 Å². The Hall–Kier alpha value is -1.40. The minimum absolute atomic E-state index is 0.0199. The van der Waals surface area contributed by atoms with E-state index in [0.29, 0.717) is 24.8 Å². The number of aliphatic hydroxyl groups is 1. The quantitative estimate of drug-likeness (QED) is 0.795. The number of hydrogen-bond acceptors (Lipinski definition) is 5. The number of carbonyl (C=O) groups excluding carboxylic acids is 1. The molecule has 2 rings (SSSR count). The van der Waals surface area contributed by atoms with Crippen molar-refractivity contribution >= 4 is 5.97 Å². The average molecular weight is 295 g/mol. The van der Waals surface area contributed by atoms with Crippen LogP contribution in [0.3, 0.4) is 0 Å². The number of rotatable bonds is 6. The van der Waals surface area contributed by atoms with Crippen molar-refractivity contribution in [3.05, 3.63) is 17.0 Å². The van der Waals surface area contributed by atoms with E-state index in [-0.39, 0.29) is 12.6 Å². The molecule has 6 nitrogen and oxygen atoms in total. The maximum atomic E-state index is 12.1. The Morgan fingerprint density at radius 2 is 2.24 bits per heavy atom. The number of esters is 1. The number of ether oxygens (including phenoxy) is 1. The largest absolute Gasteiger partial charge is 0.461 e. The second kappa shape index (κ2) is 7.04. The summed E-state index contributed by atoms with van der Waals surface area (Å²) in [6.45, 7) is 9.66. The summed E-state index contributed by atoms with van der Waals surface area (Å²) in [7, 11) is 0. The van der Waals surface area contributed by atoms with E-state index in [0.717, 1.165) is 37.3 Å². The lowest BCUT2D eigenvalue weighted by Crippen LogP contribution is -2.34. The first kappa shape index (κ1) is 16.0. The Labute approximate surface area is 125 Å². The second-order valence-corrected chi connectivity index (χ2v) is 5.82. The third kappa shape index (κ3) is 3.63. The van der Waals surface area contributed by atoms with Crippen molar-refractivity contribution in [2.24, 2.45) is 5.92 Å². The van der Waals surface area contributed by atoms with Gasteiger partial charge in [0.05, 0.1) is 19.8 Å². The normalized spacial score (nSPS) is 15.3. The second-order valence-electron chi connectivity index (χ2n) is 5.82. The molecule has 0 atom stereocenters. The van der Waals surface area contributed by atoms with Crippen LogP contribution in [-0.4, -0.2) is 52.1 Å². The smallest absolute Gasteiger partial charge is 0.359 e. The van der Waals surface area contributed by atoms with Crippen molar-refractivity contribution < 1.29 is 14.6 Å². The van der Waals surface area contributed by atoms with Crippen LogP contribution in [0.25, 0.3) is 0 Å². The van der Waals surface area contributed by atoms with E-state index >= 15 is 0 Å². The summed E-state index contributed by atoms with van der Waals surface area (Å²) in [5, 5.41) is 13.5. The van der Waals surface area contributed by atoms with Gasteiger partial charge in [0.25, 0.3) is 0 Å². The van der Waals surface area contributed by atoms with Crippen LogP contribution in [0.2, 0.25) is 0 Å². The molecule has 0 aliphatic carbocycles. The Kier molecular flexibility index (Phi) is 5.36. The molecule has 1 aromatic rings. The van der Waals surface area contributed by atoms with Gasteiger partial charge in [-0.25, -0.2) is 4.79 Å². The van der Waals surface area contributed by atoms with Crippen molar-refractivity contribution in [1.82, 2.24) is 14.7 Å². The fourth-order valence-corrected chi connectivity index (χ4v) is 2.86. The highest BCUT2D eigenvalue weighted by molar-refractivity contribution is 5.89. The summed E-state index contributed by atoms with van der Waals surface area (Å²) < 4.78 is 6.86. The van der Waals surface area contributed by atoms with Crippen LogP contribution < -0.4 is 0 Å². The zero-order chi connectivity index (χ0) is 15.4. The Morgan fingerprint density at radius 1 is 1.48 bits per heavy atom. The predicted octanol–water partition coefficient (Wildman–Crippen LogP) is 1.07. The van der Waals surface area contributed by atoms with E-state index < -0.39 is 0 Å². The van der Waals surface area contributed by atoms with Gasteiger partial charge < -0.3 is 9.84 Å². The molecule has 118 valence electrons. The highest BCUT2D eigenvalue weighted by Crippen LogP contribution is 2.24. The van der Waals surface area contributed by atoms with Crippen LogP contribution in [-0.2, 0) is 24.2 Å². The fourth-order valence-electron chi connectivity index (χ4n) is 2.86. The van der Waals surface area contributed by atoms with Crippen molar-refractivity contribution in [2.75, 3.05) is 26.3 Å². The molecule has 21 heavy (non-hydrogen) atoms. The summed E-state index contributed by atoms with van der Waals surface area (Å²) in [6, 6.07) is 0. The molecule has 1 aliphatic rings. The molecule has 0 radical (unpaired) electrons. The van der Waals surface area contributed by atoms with Crippen LogP contribution in [0.15, 0.2) is 0 Å². The van der Waals surface area contributed by atoms with Gasteiger partial charge in [0.2, 0.25) is 0 Å². The SMILES string of the molecule is CCOC(=O)c1nn(CCO)c2c1CN(CC(C)C)CC2. The van der Waals surface area contributed by atoms with E-state index in [1.54, 1.807) is 11.6 Å².